The van der Waals surface area contributed by atoms with E-state index in [-0.39, 0.29) is 5.28 Å². The van der Waals surface area contributed by atoms with Crippen molar-refractivity contribution < 1.29 is 9.53 Å². The van der Waals surface area contributed by atoms with Gasteiger partial charge < -0.3 is 4.74 Å². The average Bonchev–Trinajstić information content (AvgIpc) is 2.78. The Morgan fingerprint density at radius 1 is 1.59 bits per heavy atom. The number of ether oxygens (including phenoxy) is 1. The van der Waals surface area contributed by atoms with E-state index < -0.39 is 5.97 Å². The smallest absolute Gasteiger partial charge is 0.341 e. The second kappa shape index (κ2) is 4.92. The SMILES string of the molecule is CCOC(=O)c1cnn(-c2ccnc(Cl)n2)c1. The lowest BCUT2D eigenvalue weighted by Crippen LogP contribution is -2.03. The number of esters is 1. The van der Waals surface area contributed by atoms with Gasteiger partial charge in [0.2, 0.25) is 5.28 Å². The number of nitrogens with zero attached hydrogens (tertiary/aromatic N) is 4. The van der Waals surface area contributed by atoms with Crippen LogP contribution in [0.2, 0.25) is 5.28 Å². The van der Waals surface area contributed by atoms with Gasteiger partial charge in [-0.05, 0) is 18.5 Å². The van der Waals surface area contributed by atoms with Crippen LogP contribution in [0.15, 0.2) is 24.7 Å². The monoisotopic (exact) mass is 252 g/mol. The van der Waals surface area contributed by atoms with E-state index in [4.69, 9.17) is 16.3 Å². The van der Waals surface area contributed by atoms with Crippen molar-refractivity contribution in [2.24, 2.45) is 0 Å². The van der Waals surface area contributed by atoms with E-state index in [0.717, 1.165) is 0 Å². The number of hydrogen-bond donors (Lipinski definition) is 0. The zero-order valence-electron chi connectivity index (χ0n) is 9.00. The number of aromatic nitrogens is 4. The van der Waals surface area contributed by atoms with E-state index in [9.17, 15) is 4.79 Å². The maximum absolute atomic E-state index is 11.4. The minimum Gasteiger partial charge on any atom is -0.462 e. The molecule has 0 fully saturated rings. The second-order valence-corrected chi connectivity index (χ2v) is 3.42. The predicted molar refractivity (Wildman–Crippen MR) is 60.1 cm³/mol. The fourth-order valence-electron chi connectivity index (χ4n) is 1.22. The zero-order valence-corrected chi connectivity index (χ0v) is 9.76. The molecular formula is C10H9ClN4O2. The highest BCUT2D eigenvalue weighted by molar-refractivity contribution is 6.28. The van der Waals surface area contributed by atoms with Crippen LogP contribution in [-0.4, -0.2) is 32.3 Å². The summed E-state index contributed by atoms with van der Waals surface area (Å²) in [5, 5.41) is 4.12. The van der Waals surface area contributed by atoms with Crippen molar-refractivity contribution in [3.8, 4) is 5.82 Å². The number of carbonyl (C=O) groups excluding carboxylic acids is 1. The summed E-state index contributed by atoms with van der Waals surface area (Å²) in [5.41, 5.74) is 0.363. The number of halogens is 1. The van der Waals surface area contributed by atoms with Crippen molar-refractivity contribution in [2.45, 2.75) is 6.92 Å². The molecule has 2 heterocycles. The third kappa shape index (κ3) is 2.59. The number of carbonyl (C=O) groups is 1. The maximum Gasteiger partial charge on any atom is 0.341 e. The maximum atomic E-state index is 11.4. The van der Waals surface area contributed by atoms with E-state index in [1.54, 1.807) is 13.0 Å². The van der Waals surface area contributed by atoms with Crippen molar-refractivity contribution in [3.05, 3.63) is 35.5 Å². The first-order chi connectivity index (χ1) is 8.20. The van der Waals surface area contributed by atoms with Gasteiger partial charge in [0.25, 0.3) is 0 Å². The molecule has 0 amide bonds. The molecule has 0 saturated heterocycles. The Kier molecular flexibility index (Phi) is 3.34. The number of rotatable bonds is 3. The van der Waals surface area contributed by atoms with Gasteiger partial charge in [-0.2, -0.15) is 10.1 Å². The normalized spacial score (nSPS) is 10.2. The molecule has 6 nitrogen and oxygen atoms in total. The third-order valence-corrected chi connectivity index (χ3v) is 2.12. The molecule has 7 heteroatoms. The molecule has 0 N–H and O–H groups in total. The molecule has 0 aliphatic rings. The van der Waals surface area contributed by atoms with Gasteiger partial charge in [-0.25, -0.2) is 14.5 Å². The lowest BCUT2D eigenvalue weighted by Gasteiger charge is -1.99. The van der Waals surface area contributed by atoms with Crippen LogP contribution in [0, 0.1) is 0 Å². The van der Waals surface area contributed by atoms with Crippen molar-refractivity contribution in [3.63, 3.8) is 0 Å². The lowest BCUT2D eigenvalue weighted by molar-refractivity contribution is 0.0526. The molecule has 0 aromatic carbocycles. The summed E-state index contributed by atoms with van der Waals surface area (Å²) in [6.45, 7) is 2.07. The van der Waals surface area contributed by atoms with Crippen LogP contribution in [-0.2, 0) is 4.74 Å². The molecule has 0 saturated carbocycles. The predicted octanol–water partition coefficient (Wildman–Crippen LogP) is 1.49. The first-order valence-electron chi connectivity index (χ1n) is 4.91. The molecule has 0 radical (unpaired) electrons. The average molecular weight is 253 g/mol. The second-order valence-electron chi connectivity index (χ2n) is 3.08. The Bertz CT molecular complexity index is 541. The van der Waals surface area contributed by atoms with Gasteiger partial charge in [0.05, 0.1) is 18.4 Å². The van der Waals surface area contributed by atoms with Crippen molar-refractivity contribution >= 4 is 17.6 Å². The minimum atomic E-state index is -0.418. The molecule has 2 aromatic heterocycles. The molecule has 0 unspecified atom stereocenters. The first-order valence-corrected chi connectivity index (χ1v) is 5.29. The fraction of sp³-hybridized carbons (Fsp3) is 0.200. The standard InChI is InChI=1S/C10H9ClN4O2/c1-2-17-9(16)7-5-13-15(6-7)8-3-4-12-10(11)14-8/h3-6H,2H2,1H3. The van der Waals surface area contributed by atoms with Crippen LogP contribution in [0.5, 0.6) is 0 Å². The molecule has 0 aliphatic carbocycles. The number of hydrogen-bond acceptors (Lipinski definition) is 5. The van der Waals surface area contributed by atoms with Crippen molar-refractivity contribution in [1.82, 2.24) is 19.7 Å². The molecule has 2 rings (SSSR count). The highest BCUT2D eigenvalue weighted by Crippen LogP contribution is 2.08. The van der Waals surface area contributed by atoms with Crippen LogP contribution in [0.25, 0.3) is 5.82 Å². The van der Waals surface area contributed by atoms with Crippen molar-refractivity contribution in [2.75, 3.05) is 6.61 Å². The summed E-state index contributed by atoms with van der Waals surface area (Å²) in [7, 11) is 0. The van der Waals surface area contributed by atoms with E-state index in [0.29, 0.717) is 18.0 Å². The van der Waals surface area contributed by atoms with E-state index >= 15 is 0 Å². The van der Waals surface area contributed by atoms with E-state index in [1.165, 1.54) is 23.3 Å². The molecule has 88 valence electrons. The fourth-order valence-corrected chi connectivity index (χ4v) is 1.36. The summed E-state index contributed by atoms with van der Waals surface area (Å²) < 4.78 is 6.28. The van der Waals surface area contributed by atoms with Crippen LogP contribution < -0.4 is 0 Å². The van der Waals surface area contributed by atoms with Gasteiger partial charge in [0, 0.05) is 18.5 Å². The van der Waals surface area contributed by atoms with Gasteiger partial charge in [0.15, 0.2) is 5.82 Å². The summed E-state index contributed by atoms with van der Waals surface area (Å²) in [4.78, 5) is 19.1. The first kappa shape index (κ1) is 11.5. The Morgan fingerprint density at radius 2 is 2.41 bits per heavy atom. The largest absolute Gasteiger partial charge is 0.462 e. The summed E-state index contributed by atoms with van der Waals surface area (Å²) in [6, 6.07) is 1.63. The van der Waals surface area contributed by atoms with Gasteiger partial charge in [-0.3, -0.25) is 0 Å². The third-order valence-electron chi connectivity index (χ3n) is 1.94. The molecular weight excluding hydrogens is 244 g/mol. The quantitative estimate of drug-likeness (QED) is 0.611. The minimum absolute atomic E-state index is 0.121. The molecule has 0 atom stereocenters. The van der Waals surface area contributed by atoms with Gasteiger partial charge in [-0.15, -0.1) is 0 Å². The van der Waals surface area contributed by atoms with E-state index in [2.05, 4.69) is 15.1 Å². The van der Waals surface area contributed by atoms with Gasteiger partial charge in [0.1, 0.15) is 0 Å². The van der Waals surface area contributed by atoms with Crippen LogP contribution >= 0.6 is 11.6 Å². The van der Waals surface area contributed by atoms with Crippen LogP contribution in [0.1, 0.15) is 17.3 Å². The molecule has 2 aromatic rings. The van der Waals surface area contributed by atoms with E-state index in [1.807, 2.05) is 0 Å². The lowest BCUT2D eigenvalue weighted by atomic mass is 10.4. The van der Waals surface area contributed by atoms with Crippen LogP contribution in [0.4, 0.5) is 0 Å². The summed E-state index contributed by atoms with van der Waals surface area (Å²) >= 11 is 5.66. The molecule has 0 bridgehead atoms. The highest BCUT2D eigenvalue weighted by atomic mass is 35.5. The highest BCUT2D eigenvalue weighted by Gasteiger charge is 2.10. The van der Waals surface area contributed by atoms with Gasteiger partial charge in [-0.1, -0.05) is 0 Å². The molecule has 17 heavy (non-hydrogen) atoms. The topological polar surface area (TPSA) is 69.9 Å². The zero-order chi connectivity index (χ0) is 12.3. The van der Waals surface area contributed by atoms with Gasteiger partial charge >= 0.3 is 5.97 Å². The Hall–Kier alpha value is -1.95. The molecule has 0 spiro atoms. The van der Waals surface area contributed by atoms with Crippen LogP contribution in [0.3, 0.4) is 0 Å². The Morgan fingerprint density at radius 3 is 3.12 bits per heavy atom. The van der Waals surface area contributed by atoms with Crippen molar-refractivity contribution in [1.29, 1.82) is 0 Å². The summed E-state index contributed by atoms with van der Waals surface area (Å²) in [6.07, 6.45) is 4.45. The molecule has 0 aliphatic heterocycles. The Labute approximate surface area is 102 Å². The summed E-state index contributed by atoms with van der Waals surface area (Å²) in [5.74, 6) is 0.0689. The Balaban J connectivity index is 2.27.